The minimum Gasteiger partial charge on any atom is -0.396 e. The summed E-state index contributed by atoms with van der Waals surface area (Å²) in [5.41, 5.74) is 5.95. The lowest BCUT2D eigenvalue weighted by atomic mass is 9.87. The molecular weight excluding hydrogens is 200 g/mol. The van der Waals surface area contributed by atoms with Gasteiger partial charge in [0.25, 0.3) is 0 Å². The summed E-state index contributed by atoms with van der Waals surface area (Å²) in [6.07, 6.45) is 8.58. The molecular formula is C13H26N2O. The highest BCUT2D eigenvalue weighted by Crippen LogP contribution is 2.27. The Kier molecular flexibility index (Phi) is 4.62. The third-order valence-electron chi connectivity index (χ3n) is 4.35. The molecule has 16 heavy (non-hydrogen) atoms. The predicted octanol–water partition coefficient (Wildman–Crippen LogP) is 1.35. The molecule has 1 atom stereocenters. The second-order valence-corrected chi connectivity index (χ2v) is 5.58. The zero-order chi connectivity index (χ0) is 11.4. The number of aliphatic hydroxyl groups is 1. The van der Waals surface area contributed by atoms with Gasteiger partial charge in [-0.3, -0.25) is 0 Å². The zero-order valence-corrected chi connectivity index (χ0v) is 10.3. The molecule has 0 bridgehead atoms. The van der Waals surface area contributed by atoms with Crippen LogP contribution in [0.1, 0.15) is 44.9 Å². The quantitative estimate of drug-likeness (QED) is 0.764. The Morgan fingerprint density at radius 2 is 1.88 bits per heavy atom. The first-order chi connectivity index (χ1) is 7.79. The summed E-state index contributed by atoms with van der Waals surface area (Å²) in [6, 6.07) is 1.23. The lowest BCUT2D eigenvalue weighted by Gasteiger charge is -2.41. The van der Waals surface area contributed by atoms with Gasteiger partial charge in [-0.1, -0.05) is 0 Å². The van der Waals surface area contributed by atoms with Gasteiger partial charge in [-0.15, -0.1) is 0 Å². The average Bonchev–Trinajstić information content (AvgIpc) is 2.31. The lowest BCUT2D eigenvalue weighted by Crippen LogP contribution is -2.45. The van der Waals surface area contributed by atoms with Crippen LogP contribution >= 0.6 is 0 Å². The van der Waals surface area contributed by atoms with Crippen LogP contribution in [0.2, 0.25) is 0 Å². The Labute approximate surface area is 99.0 Å². The van der Waals surface area contributed by atoms with Crippen molar-refractivity contribution in [3.8, 4) is 0 Å². The minimum atomic E-state index is 0.355. The van der Waals surface area contributed by atoms with E-state index in [1.54, 1.807) is 0 Å². The molecule has 1 aliphatic heterocycles. The first-order valence-corrected chi connectivity index (χ1v) is 6.90. The monoisotopic (exact) mass is 226 g/mol. The summed E-state index contributed by atoms with van der Waals surface area (Å²) in [6.45, 7) is 2.83. The third kappa shape index (κ3) is 3.19. The molecule has 2 aliphatic rings. The first kappa shape index (κ1) is 12.3. The van der Waals surface area contributed by atoms with Crippen LogP contribution in [-0.2, 0) is 0 Å². The molecule has 1 aliphatic carbocycles. The van der Waals surface area contributed by atoms with E-state index in [0.717, 1.165) is 18.4 Å². The van der Waals surface area contributed by atoms with Crippen molar-refractivity contribution in [3.05, 3.63) is 0 Å². The summed E-state index contributed by atoms with van der Waals surface area (Å²) in [5, 5.41) is 9.01. The van der Waals surface area contributed by atoms with Crippen LogP contribution in [0, 0.1) is 5.92 Å². The molecule has 0 aromatic carbocycles. The van der Waals surface area contributed by atoms with Crippen molar-refractivity contribution >= 4 is 0 Å². The normalized spacial score (nSPS) is 37.5. The zero-order valence-electron chi connectivity index (χ0n) is 10.3. The van der Waals surface area contributed by atoms with E-state index in [4.69, 9.17) is 10.8 Å². The highest BCUT2D eigenvalue weighted by atomic mass is 16.3. The van der Waals surface area contributed by atoms with Crippen LogP contribution in [0.5, 0.6) is 0 Å². The molecule has 0 aromatic heterocycles. The van der Waals surface area contributed by atoms with E-state index in [1.807, 2.05) is 0 Å². The number of likely N-dealkylation sites (tertiary alicyclic amines) is 1. The molecule has 0 amide bonds. The molecule has 94 valence electrons. The van der Waals surface area contributed by atoms with Crippen molar-refractivity contribution in [2.24, 2.45) is 11.7 Å². The van der Waals surface area contributed by atoms with Gasteiger partial charge in [-0.05, 0) is 57.4 Å². The largest absolute Gasteiger partial charge is 0.396 e. The molecule has 1 unspecified atom stereocenters. The topological polar surface area (TPSA) is 49.5 Å². The summed E-state index contributed by atoms with van der Waals surface area (Å²) in [4.78, 5) is 2.66. The highest BCUT2D eigenvalue weighted by Gasteiger charge is 2.28. The van der Waals surface area contributed by atoms with Crippen LogP contribution in [0.25, 0.3) is 0 Å². The Morgan fingerprint density at radius 1 is 1.12 bits per heavy atom. The lowest BCUT2D eigenvalue weighted by molar-refractivity contribution is 0.0846. The van der Waals surface area contributed by atoms with Gasteiger partial charge in [0.2, 0.25) is 0 Å². The van der Waals surface area contributed by atoms with Crippen LogP contribution in [0.3, 0.4) is 0 Å². The highest BCUT2D eigenvalue weighted by molar-refractivity contribution is 4.84. The minimum absolute atomic E-state index is 0.355. The summed E-state index contributed by atoms with van der Waals surface area (Å²) in [7, 11) is 0. The SMILES string of the molecule is NC1CCC(N2CCCC(CCO)C2)CC1. The van der Waals surface area contributed by atoms with Crippen molar-refractivity contribution in [2.45, 2.75) is 57.0 Å². The van der Waals surface area contributed by atoms with E-state index in [1.165, 1.54) is 51.6 Å². The van der Waals surface area contributed by atoms with Crippen LogP contribution in [0.15, 0.2) is 0 Å². The molecule has 3 N–H and O–H groups in total. The molecule has 0 radical (unpaired) electrons. The van der Waals surface area contributed by atoms with Crippen LogP contribution < -0.4 is 5.73 Å². The van der Waals surface area contributed by atoms with Crippen LogP contribution in [-0.4, -0.2) is 41.8 Å². The fraction of sp³-hybridized carbons (Fsp3) is 1.00. The molecule has 2 rings (SSSR count). The number of nitrogens with zero attached hydrogens (tertiary/aromatic N) is 1. The van der Waals surface area contributed by atoms with E-state index >= 15 is 0 Å². The maximum absolute atomic E-state index is 9.01. The summed E-state index contributed by atoms with van der Waals surface area (Å²) in [5.74, 6) is 0.731. The maximum atomic E-state index is 9.01. The fourth-order valence-corrected chi connectivity index (χ4v) is 3.31. The second kappa shape index (κ2) is 5.99. The molecule has 1 saturated heterocycles. The van der Waals surface area contributed by atoms with Crippen molar-refractivity contribution in [1.82, 2.24) is 4.90 Å². The van der Waals surface area contributed by atoms with Crippen molar-refractivity contribution in [3.63, 3.8) is 0 Å². The van der Waals surface area contributed by atoms with E-state index < -0.39 is 0 Å². The van der Waals surface area contributed by atoms with Gasteiger partial charge >= 0.3 is 0 Å². The predicted molar refractivity (Wildman–Crippen MR) is 66.2 cm³/mol. The van der Waals surface area contributed by atoms with Gasteiger partial charge in [-0.2, -0.15) is 0 Å². The van der Waals surface area contributed by atoms with Crippen LogP contribution in [0.4, 0.5) is 0 Å². The van der Waals surface area contributed by atoms with E-state index in [9.17, 15) is 0 Å². The number of rotatable bonds is 3. The molecule has 3 heteroatoms. The van der Waals surface area contributed by atoms with Gasteiger partial charge in [0, 0.05) is 25.2 Å². The molecule has 1 heterocycles. The van der Waals surface area contributed by atoms with Gasteiger partial charge in [0.05, 0.1) is 0 Å². The Hall–Kier alpha value is -0.120. The van der Waals surface area contributed by atoms with E-state index in [-0.39, 0.29) is 0 Å². The molecule has 1 saturated carbocycles. The molecule has 0 aromatic rings. The average molecular weight is 226 g/mol. The molecule has 3 nitrogen and oxygen atoms in total. The van der Waals surface area contributed by atoms with Gasteiger partial charge in [-0.25, -0.2) is 0 Å². The number of aliphatic hydroxyl groups excluding tert-OH is 1. The van der Waals surface area contributed by atoms with E-state index in [2.05, 4.69) is 4.90 Å². The summed E-state index contributed by atoms with van der Waals surface area (Å²) < 4.78 is 0. The fourth-order valence-electron chi connectivity index (χ4n) is 3.31. The van der Waals surface area contributed by atoms with Crippen molar-refractivity contribution < 1.29 is 5.11 Å². The first-order valence-electron chi connectivity index (χ1n) is 6.90. The van der Waals surface area contributed by atoms with Crippen molar-refractivity contribution in [1.29, 1.82) is 0 Å². The molecule has 0 spiro atoms. The number of hydrogen-bond donors (Lipinski definition) is 2. The van der Waals surface area contributed by atoms with Gasteiger partial charge in [0.1, 0.15) is 0 Å². The van der Waals surface area contributed by atoms with Gasteiger partial charge < -0.3 is 15.7 Å². The number of piperidine rings is 1. The smallest absolute Gasteiger partial charge is 0.0434 e. The third-order valence-corrected chi connectivity index (χ3v) is 4.35. The Bertz CT molecular complexity index is 200. The van der Waals surface area contributed by atoms with Crippen molar-refractivity contribution in [2.75, 3.05) is 19.7 Å². The van der Waals surface area contributed by atoms with Gasteiger partial charge in [0.15, 0.2) is 0 Å². The second-order valence-electron chi connectivity index (χ2n) is 5.58. The number of nitrogens with two attached hydrogens (primary N) is 1. The standard InChI is InChI=1S/C13H26N2O/c14-12-3-5-13(6-4-12)15-8-1-2-11(10-15)7-9-16/h11-13,16H,1-10,14H2. The number of hydrogen-bond acceptors (Lipinski definition) is 3. The molecule has 2 fully saturated rings. The summed E-state index contributed by atoms with van der Waals surface area (Å²) >= 11 is 0. The Morgan fingerprint density at radius 3 is 2.56 bits per heavy atom. The maximum Gasteiger partial charge on any atom is 0.0434 e. The van der Waals surface area contributed by atoms with E-state index in [0.29, 0.717) is 12.6 Å². The Balaban J connectivity index is 1.80.